The molecule has 1 rings (SSSR count). The van der Waals surface area contributed by atoms with Gasteiger partial charge in [0.1, 0.15) is 0 Å². The Morgan fingerprint density at radius 2 is 1.83 bits per heavy atom. The normalized spacial score (nSPS) is 16.8. The Balaban J connectivity index is 0.000000561. The molecule has 0 aromatic heterocycles. The second kappa shape index (κ2) is 5.82. The standard InChI is InChI=1S/C10H14.C2H6/c1-8-5-4-6-9(2)10(3)7-8;1-2/h6-7H,3-5H2,1-2H3;1-2H3. The predicted octanol–water partition coefficient (Wildman–Crippen LogP) is 4.26. The summed E-state index contributed by atoms with van der Waals surface area (Å²) in [5.74, 6) is 0. The van der Waals surface area contributed by atoms with E-state index in [4.69, 9.17) is 0 Å². The van der Waals surface area contributed by atoms with Crippen LogP contribution in [0.2, 0.25) is 0 Å². The third kappa shape index (κ3) is 3.56. The molecule has 0 bridgehead atoms. The van der Waals surface area contributed by atoms with Gasteiger partial charge in [0.05, 0.1) is 0 Å². The van der Waals surface area contributed by atoms with Crippen molar-refractivity contribution in [2.45, 2.75) is 40.5 Å². The first-order valence-electron chi connectivity index (χ1n) is 4.73. The number of hydrogen-bond donors (Lipinski definition) is 0. The van der Waals surface area contributed by atoms with Gasteiger partial charge in [-0.3, -0.25) is 0 Å². The Morgan fingerprint density at radius 1 is 1.25 bits per heavy atom. The first-order valence-corrected chi connectivity index (χ1v) is 4.73. The van der Waals surface area contributed by atoms with Gasteiger partial charge in [-0.1, -0.05) is 38.2 Å². The van der Waals surface area contributed by atoms with E-state index in [0.29, 0.717) is 0 Å². The summed E-state index contributed by atoms with van der Waals surface area (Å²) in [4.78, 5) is 0. The maximum atomic E-state index is 3.96. The first kappa shape index (κ1) is 11.2. The first-order chi connectivity index (χ1) is 5.70. The van der Waals surface area contributed by atoms with Crippen LogP contribution in [0.25, 0.3) is 0 Å². The Morgan fingerprint density at radius 3 is 2.42 bits per heavy atom. The molecule has 12 heavy (non-hydrogen) atoms. The third-order valence-electron chi connectivity index (χ3n) is 1.92. The van der Waals surface area contributed by atoms with Crippen LogP contribution in [0.5, 0.6) is 0 Å². The lowest BCUT2D eigenvalue weighted by Crippen LogP contribution is -1.75. The molecule has 0 atom stereocenters. The fraction of sp³-hybridized carbons (Fsp3) is 0.500. The van der Waals surface area contributed by atoms with Crippen molar-refractivity contribution in [2.24, 2.45) is 0 Å². The fourth-order valence-corrected chi connectivity index (χ4v) is 1.13. The zero-order valence-electron chi connectivity index (χ0n) is 8.78. The van der Waals surface area contributed by atoms with Crippen LogP contribution in [0, 0.1) is 0 Å². The summed E-state index contributed by atoms with van der Waals surface area (Å²) in [6.45, 7) is 12.2. The largest absolute Gasteiger partial charge is 0.0915 e. The molecular formula is C12H20. The zero-order chi connectivity index (χ0) is 9.56. The minimum Gasteiger partial charge on any atom is -0.0915 e. The van der Waals surface area contributed by atoms with Crippen LogP contribution in [0.15, 0.2) is 35.5 Å². The topological polar surface area (TPSA) is 0 Å². The molecule has 0 heterocycles. The highest BCUT2D eigenvalue weighted by Gasteiger charge is 1.99. The Labute approximate surface area is 76.7 Å². The van der Waals surface area contributed by atoms with Crippen molar-refractivity contribution < 1.29 is 0 Å². The van der Waals surface area contributed by atoms with Gasteiger partial charge in [0.15, 0.2) is 0 Å². The monoisotopic (exact) mass is 164 g/mol. The number of allylic oxidation sites excluding steroid dienone is 5. The maximum Gasteiger partial charge on any atom is -0.0285 e. The summed E-state index contributed by atoms with van der Waals surface area (Å²) in [5, 5.41) is 0. The van der Waals surface area contributed by atoms with Crippen molar-refractivity contribution in [1.29, 1.82) is 0 Å². The molecule has 0 amide bonds. The molecule has 0 aliphatic heterocycles. The van der Waals surface area contributed by atoms with Crippen LogP contribution in [-0.4, -0.2) is 0 Å². The van der Waals surface area contributed by atoms with Crippen LogP contribution in [-0.2, 0) is 0 Å². The van der Waals surface area contributed by atoms with Crippen LogP contribution < -0.4 is 0 Å². The molecule has 0 aromatic carbocycles. The molecule has 0 unspecified atom stereocenters. The van der Waals surface area contributed by atoms with Crippen LogP contribution in [0.4, 0.5) is 0 Å². The van der Waals surface area contributed by atoms with Crippen molar-refractivity contribution in [1.82, 2.24) is 0 Å². The summed E-state index contributed by atoms with van der Waals surface area (Å²) in [6.07, 6.45) is 6.80. The lowest BCUT2D eigenvalue weighted by molar-refractivity contribution is 0.982. The maximum absolute atomic E-state index is 3.96. The Bertz CT molecular complexity index is 204. The molecule has 0 nitrogen and oxygen atoms in total. The molecule has 1 aliphatic carbocycles. The Kier molecular flexibility index (Phi) is 5.44. The third-order valence-corrected chi connectivity index (χ3v) is 1.92. The smallest absolute Gasteiger partial charge is 0.0285 e. The van der Waals surface area contributed by atoms with Gasteiger partial charge in [0.2, 0.25) is 0 Å². The van der Waals surface area contributed by atoms with E-state index in [1.54, 1.807) is 0 Å². The van der Waals surface area contributed by atoms with Crippen LogP contribution >= 0.6 is 0 Å². The fourth-order valence-electron chi connectivity index (χ4n) is 1.13. The molecule has 0 spiro atoms. The molecule has 0 saturated heterocycles. The molecule has 68 valence electrons. The van der Waals surface area contributed by atoms with Gasteiger partial charge >= 0.3 is 0 Å². The number of hydrogen-bond acceptors (Lipinski definition) is 0. The van der Waals surface area contributed by atoms with Crippen molar-refractivity contribution in [2.75, 3.05) is 0 Å². The summed E-state index contributed by atoms with van der Waals surface area (Å²) < 4.78 is 0. The van der Waals surface area contributed by atoms with Crippen molar-refractivity contribution >= 4 is 0 Å². The van der Waals surface area contributed by atoms with E-state index in [2.05, 4.69) is 32.6 Å². The number of rotatable bonds is 0. The summed E-state index contributed by atoms with van der Waals surface area (Å²) >= 11 is 0. The molecule has 0 saturated carbocycles. The highest BCUT2D eigenvalue weighted by atomic mass is 14.0. The van der Waals surface area contributed by atoms with E-state index in [9.17, 15) is 0 Å². The van der Waals surface area contributed by atoms with Gasteiger partial charge in [0, 0.05) is 0 Å². The van der Waals surface area contributed by atoms with E-state index < -0.39 is 0 Å². The zero-order valence-corrected chi connectivity index (χ0v) is 8.78. The molecule has 1 aliphatic rings. The van der Waals surface area contributed by atoms with Gasteiger partial charge in [0.25, 0.3) is 0 Å². The Hall–Kier alpha value is -0.780. The van der Waals surface area contributed by atoms with Crippen LogP contribution in [0.1, 0.15) is 40.5 Å². The van der Waals surface area contributed by atoms with E-state index in [1.165, 1.54) is 29.6 Å². The average molecular weight is 164 g/mol. The second-order valence-corrected chi connectivity index (χ2v) is 2.94. The summed E-state index contributed by atoms with van der Waals surface area (Å²) in [7, 11) is 0. The highest BCUT2D eigenvalue weighted by Crippen LogP contribution is 2.19. The van der Waals surface area contributed by atoms with Gasteiger partial charge in [-0.25, -0.2) is 0 Å². The van der Waals surface area contributed by atoms with Gasteiger partial charge in [-0.15, -0.1) is 0 Å². The van der Waals surface area contributed by atoms with Gasteiger partial charge in [-0.2, -0.15) is 0 Å². The van der Waals surface area contributed by atoms with Gasteiger partial charge < -0.3 is 0 Å². The summed E-state index contributed by atoms with van der Waals surface area (Å²) in [6, 6.07) is 0. The van der Waals surface area contributed by atoms with Crippen LogP contribution in [0.3, 0.4) is 0 Å². The lowest BCUT2D eigenvalue weighted by atomic mass is 10.1. The predicted molar refractivity (Wildman–Crippen MR) is 57.2 cm³/mol. The molecule has 0 aromatic rings. The van der Waals surface area contributed by atoms with E-state index in [0.717, 1.165) is 0 Å². The van der Waals surface area contributed by atoms with E-state index >= 15 is 0 Å². The molecule has 0 fully saturated rings. The molecule has 0 radical (unpaired) electrons. The van der Waals surface area contributed by atoms with E-state index in [1.807, 2.05) is 13.8 Å². The highest BCUT2D eigenvalue weighted by molar-refractivity contribution is 5.39. The summed E-state index contributed by atoms with van der Waals surface area (Å²) in [5.41, 5.74) is 3.95. The second-order valence-electron chi connectivity index (χ2n) is 2.94. The molecular weight excluding hydrogens is 144 g/mol. The SMILES string of the molecule is C=C1C=C(C)CCC=C1C.CC. The van der Waals surface area contributed by atoms with Crippen molar-refractivity contribution in [3.8, 4) is 0 Å². The minimum absolute atomic E-state index is 1.17. The van der Waals surface area contributed by atoms with Gasteiger partial charge in [-0.05, 0) is 37.8 Å². The average Bonchev–Trinajstić information content (AvgIpc) is 2.19. The quantitative estimate of drug-likeness (QED) is 0.502. The van der Waals surface area contributed by atoms with E-state index in [-0.39, 0.29) is 0 Å². The minimum atomic E-state index is 1.17. The van der Waals surface area contributed by atoms with Crippen molar-refractivity contribution in [3.63, 3.8) is 0 Å². The molecule has 0 heteroatoms. The lowest BCUT2D eigenvalue weighted by Gasteiger charge is -1.96. The molecule has 0 N–H and O–H groups in total. The van der Waals surface area contributed by atoms with Crippen molar-refractivity contribution in [3.05, 3.63) is 35.5 Å².